The van der Waals surface area contributed by atoms with Gasteiger partial charge in [-0.15, -0.1) is 0 Å². The summed E-state index contributed by atoms with van der Waals surface area (Å²) in [6.07, 6.45) is 0.574. The van der Waals surface area contributed by atoms with Crippen LogP contribution >= 0.6 is 0 Å². The maximum absolute atomic E-state index is 13.8. The average Bonchev–Trinajstić information content (AvgIpc) is 3.47. The lowest BCUT2D eigenvalue weighted by atomic mass is 10.0. The number of aryl methyl sites for hydroxylation is 1. The average molecular weight is 491 g/mol. The van der Waals surface area contributed by atoms with Crippen LogP contribution in [0.5, 0.6) is 0 Å². The number of nitrogens with zero attached hydrogens (tertiary/aromatic N) is 4. The Kier molecular flexibility index (Phi) is 5.90. The lowest BCUT2D eigenvalue weighted by molar-refractivity contribution is 0.0991. The summed E-state index contributed by atoms with van der Waals surface area (Å²) in [6.45, 7) is 6.69. The molecule has 0 N–H and O–H groups in total. The molecule has 0 atom stereocenters. The number of amides is 1. The van der Waals surface area contributed by atoms with E-state index in [0.29, 0.717) is 59.8 Å². The van der Waals surface area contributed by atoms with Gasteiger partial charge in [0, 0.05) is 30.9 Å². The van der Waals surface area contributed by atoms with Gasteiger partial charge in [0.05, 0.1) is 27.2 Å². The van der Waals surface area contributed by atoms with E-state index in [1.807, 2.05) is 44.2 Å². The number of fused-ring (bicyclic) bond motifs is 2. The highest BCUT2D eigenvalue weighted by molar-refractivity contribution is 7.89. The third kappa shape index (κ3) is 3.90. The van der Waals surface area contributed by atoms with Gasteiger partial charge in [-0.2, -0.15) is 4.31 Å². The number of hydrogen-bond acceptors (Lipinski definition) is 6. The van der Waals surface area contributed by atoms with Gasteiger partial charge in [0.15, 0.2) is 0 Å². The molecule has 0 bridgehead atoms. The normalized spacial score (nSPS) is 13.5. The largest absolute Gasteiger partial charge is 0.335 e. The van der Waals surface area contributed by atoms with Crippen molar-refractivity contribution < 1.29 is 17.7 Å². The molecule has 5 rings (SSSR count). The Bertz CT molecular complexity index is 1530. The van der Waals surface area contributed by atoms with Crippen LogP contribution in [0.25, 0.3) is 22.4 Å². The Hall–Kier alpha value is -3.56. The summed E-state index contributed by atoms with van der Waals surface area (Å²) in [5.74, 6) is -0.195. The topological polar surface area (TPSA) is 96.6 Å². The van der Waals surface area contributed by atoms with Crippen LogP contribution in [-0.4, -0.2) is 48.4 Å². The van der Waals surface area contributed by atoms with E-state index in [0.717, 1.165) is 11.1 Å². The number of pyridine rings is 1. The number of hydrogen-bond donors (Lipinski definition) is 0. The van der Waals surface area contributed by atoms with Crippen LogP contribution in [0.15, 0.2) is 64.0 Å². The standard InChI is InChI=1S/C26H26N4O4S/c1-4-29(5-2)35(32,33)20-11-12-23-19(15-20)13-14-30(23)26(31)21-16-22(18-9-7-6-8-10-18)27-25-24(21)17(3)28-34-25/h6-12,15-16H,4-5,13-14H2,1-3H3. The summed E-state index contributed by atoms with van der Waals surface area (Å²) in [6, 6.07) is 16.4. The molecule has 2 aromatic heterocycles. The van der Waals surface area contributed by atoms with Crippen molar-refractivity contribution in [2.45, 2.75) is 32.1 Å². The molecule has 1 amide bonds. The van der Waals surface area contributed by atoms with Gasteiger partial charge in [0.2, 0.25) is 10.0 Å². The van der Waals surface area contributed by atoms with E-state index in [9.17, 15) is 13.2 Å². The SMILES string of the molecule is CCN(CC)S(=O)(=O)c1ccc2c(c1)CCN2C(=O)c1cc(-c2ccccc2)nc2onc(C)c12. The molecule has 180 valence electrons. The van der Waals surface area contributed by atoms with Gasteiger partial charge >= 0.3 is 0 Å². The molecule has 0 fully saturated rings. The number of sulfonamides is 1. The van der Waals surface area contributed by atoms with E-state index in [4.69, 9.17) is 4.52 Å². The van der Waals surface area contributed by atoms with Gasteiger partial charge < -0.3 is 9.42 Å². The van der Waals surface area contributed by atoms with Crippen molar-refractivity contribution in [3.8, 4) is 11.3 Å². The van der Waals surface area contributed by atoms with Crippen molar-refractivity contribution in [3.63, 3.8) is 0 Å². The van der Waals surface area contributed by atoms with Crippen LogP contribution in [0.4, 0.5) is 5.69 Å². The minimum atomic E-state index is -3.57. The highest BCUT2D eigenvalue weighted by Crippen LogP contribution is 2.34. The van der Waals surface area contributed by atoms with Crippen LogP contribution in [0.3, 0.4) is 0 Å². The predicted molar refractivity (Wildman–Crippen MR) is 134 cm³/mol. The summed E-state index contributed by atoms with van der Waals surface area (Å²) in [5.41, 5.74) is 4.41. The Balaban J connectivity index is 1.56. The Morgan fingerprint density at radius 2 is 1.83 bits per heavy atom. The first-order valence-corrected chi connectivity index (χ1v) is 13.1. The first-order chi connectivity index (χ1) is 16.8. The van der Waals surface area contributed by atoms with E-state index in [-0.39, 0.29) is 10.8 Å². The van der Waals surface area contributed by atoms with Gasteiger partial charge in [-0.3, -0.25) is 4.79 Å². The first kappa shape index (κ1) is 23.2. The fourth-order valence-electron chi connectivity index (χ4n) is 4.63. The second-order valence-corrected chi connectivity index (χ2v) is 10.4. The quantitative estimate of drug-likeness (QED) is 0.397. The molecule has 1 aliphatic heterocycles. The molecule has 4 aromatic rings. The number of anilines is 1. The number of carbonyl (C=O) groups is 1. The predicted octanol–water partition coefficient (Wildman–Crippen LogP) is 4.43. The highest BCUT2D eigenvalue weighted by atomic mass is 32.2. The molecule has 0 radical (unpaired) electrons. The Morgan fingerprint density at radius 3 is 2.54 bits per heavy atom. The van der Waals surface area contributed by atoms with Crippen molar-refractivity contribution in [1.82, 2.24) is 14.4 Å². The monoisotopic (exact) mass is 490 g/mol. The lowest BCUT2D eigenvalue weighted by Crippen LogP contribution is -2.31. The minimum Gasteiger partial charge on any atom is -0.335 e. The van der Waals surface area contributed by atoms with E-state index >= 15 is 0 Å². The van der Waals surface area contributed by atoms with E-state index in [2.05, 4.69) is 10.1 Å². The number of carbonyl (C=O) groups excluding carboxylic acids is 1. The second-order valence-electron chi connectivity index (χ2n) is 8.46. The first-order valence-electron chi connectivity index (χ1n) is 11.6. The van der Waals surface area contributed by atoms with Crippen molar-refractivity contribution >= 4 is 32.7 Å². The van der Waals surface area contributed by atoms with E-state index < -0.39 is 10.0 Å². The number of rotatable bonds is 6. The molecule has 1 aliphatic rings. The zero-order valence-corrected chi connectivity index (χ0v) is 20.7. The molecule has 35 heavy (non-hydrogen) atoms. The summed E-state index contributed by atoms with van der Waals surface area (Å²) in [4.78, 5) is 20.4. The lowest BCUT2D eigenvalue weighted by Gasteiger charge is -2.20. The molecule has 0 saturated carbocycles. The van der Waals surface area contributed by atoms with E-state index in [1.54, 1.807) is 36.1 Å². The van der Waals surface area contributed by atoms with Crippen molar-refractivity contribution in [1.29, 1.82) is 0 Å². The molecule has 0 saturated heterocycles. The molecule has 0 unspecified atom stereocenters. The van der Waals surface area contributed by atoms with Gasteiger partial charge in [0.25, 0.3) is 11.6 Å². The summed E-state index contributed by atoms with van der Waals surface area (Å²) >= 11 is 0. The molecule has 9 heteroatoms. The molecular weight excluding hydrogens is 464 g/mol. The van der Waals surface area contributed by atoms with E-state index in [1.165, 1.54) is 4.31 Å². The maximum Gasteiger partial charge on any atom is 0.259 e. The fraction of sp³-hybridized carbons (Fsp3) is 0.269. The van der Waals surface area contributed by atoms with Crippen LogP contribution in [0.2, 0.25) is 0 Å². The molecule has 8 nitrogen and oxygen atoms in total. The minimum absolute atomic E-state index is 0.195. The van der Waals surface area contributed by atoms with Crippen LogP contribution < -0.4 is 4.90 Å². The zero-order valence-electron chi connectivity index (χ0n) is 19.9. The van der Waals surface area contributed by atoms with Crippen LogP contribution in [0.1, 0.15) is 35.5 Å². The van der Waals surface area contributed by atoms with Gasteiger partial charge in [-0.1, -0.05) is 49.3 Å². The van der Waals surface area contributed by atoms with Gasteiger partial charge in [-0.25, -0.2) is 13.4 Å². The molecular formula is C26H26N4O4S. The zero-order chi connectivity index (χ0) is 24.7. The molecule has 0 spiro atoms. The van der Waals surface area contributed by atoms with Crippen molar-refractivity contribution in [2.75, 3.05) is 24.5 Å². The fourth-order valence-corrected chi connectivity index (χ4v) is 6.14. The molecule has 3 heterocycles. The Labute approximate surface area is 204 Å². The smallest absolute Gasteiger partial charge is 0.259 e. The maximum atomic E-state index is 13.8. The summed E-state index contributed by atoms with van der Waals surface area (Å²) in [5, 5.41) is 4.62. The highest BCUT2D eigenvalue weighted by Gasteiger charge is 2.31. The van der Waals surface area contributed by atoms with Gasteiger partial charge in [0.1, 0.15) is 0 Å². The van der Waals surface area contributed by atoms with Crippen molar-refractivity contribution in [3.05, 3.63) is 71.4 Å². The van der Waals surface area contributed by atoms with Crippen LogP contribution in [0, 0.1) is 6.92 Å². The second kappa shape index (κ2) is 8.90. The number of aromatic nitrogens is 2. The third-order valence-corrected chi connectivity index (χ3v) is 8.50. The number of benzene rings is 2. The molecule has 0 aliphatic carbocycles. The van der Waals surface area contributed by atoms with Gasteiger partial charge in [-0.05, 0) is 43.2 Å². The summed E-state index contributed by atoms with van der Waals surface area (Å²) < 4.78 is 32.8. The third-order valence-electron chi connectivity index (χ3n) is 6.45. The Morgan fingerprint density at radius 1 is 1.09 bits per heavy atom. The summed E-state index contributed by atoms with van der Waals surface area (Å²) in [7, 11) is -3.57. The van der Waals surface area contributed by atoms with Crippen molar-refractivity contribution in [2.24, 2.45) is 0 Å². The van der Waals surface area contributed by atoms with Crippen LogP contribution in [-0.2, 0) is 16.4 Å². The molecule has 2 aromatic carbocycles.